The third kappa shape index (κ3) is 3.68. The molecule has 0 radical (unpaired) electrons. The highest BCUT2D eigenvalue weighted by Crippen LogP contribution is 2.32. The molecule has 1 unspecified atom stereocenters. The van der Waals surface area contributed by atoms with Gasteiger partial charge in [-0.2, -0.15) is 5.10 Å². The zero-order valence-corrected chi connectivity index (χ0v) is 18.9. The lowest BCUT2D eigenvalue weighted by Crippen LogP contribution is -2.43. The molecule has 9 nitrogen and oxygen atoms in total. The maximum Gasteiger partial charge on any atom is 0.257 e. The van der Waals surface area contributed by atoms with Gasteiger partial charge in [0.1, 0.15) is 5.52 Å². The minimum Gasteiger partial charge on any atom is -0.379 e. The third-order valence-electron chi connectivity index (χ3n) is 6.54. The van der Waals surface area contributed by atoms with Gasteiger partial charge in [0, 0.05) is 68.5 Å². The second-order valence-corrected chi connectivity index (χ2v) is 8.90. The third-order valence-corrected chi connectivity index (χ3v) is 6.54. The molecular weight excluding hydrogens is 437 g/mol. The molecule has 2 N–H and O–H groups in total. The van der Waals surface area contributed by atoms with Gasteiger partial charge >= 0.3 is 0 Å². The summed E-state index contributed by atoms with van der Waals surface area (Å²) in [7, 11) is 0. The number of pyridine rings is 1. The minimum absolute atomic E-state index is 0.153. The summed E-state index contributed by atoms with van der Waals surface area (Å²) in [4.78, 5) is 19.8. The standard InChI is InChI=1S/C24H26FN7O2/c1-15-11-31-12-16(10-20(25)23(31)27-15)28-24(33)18-2-3-21(30-7-5-26-6-8-30)19-13-32(29-22(18)19)17-4-9-34-14-17/h2-3,10-13,17,26H,4-9,14H2,1H3,(H,28,33). The molecule has 34 heavy (non-hydrogen) atoms. The van der Waals surface area contributed by atoms with Gasteiger partial charge in [0.15, 0.2) is 11.5 Å². The molecule has 1 amide bonds. The van der Waals surface area contributed by atoms with Crippen LogP contribution in [-0.4, -0.2) is 64.5 Å². The lowest BCUT2D eigenvalue weighted by Gasteiger charge is -2.30. The number of aryl methyl sites for hydroxylation is 1. The van der Waals surface area contributed by atoms with Crippen LogP contribution in [0.5, 0.6) is 0 Å². The van der Waals surface area contributed by atoms with Gasteiger partial charge in [-0.25, -0.2) is 9.37 Å². The monoisotopic (exact) mass is 463 g/mol. The van der Waals surface area contributed by atoms with Gasteiger partial charge in [-0.1, -0.05) is 0 Å². The highest BCUT2D eigenvalue weighted by Gasteiger charge is 2.24. The van der Waals surface area contributed by atoms with Crippen LogP contribution in [-0.2, 0) is 4.74 Å². The van der Waals surface area contributed by atoms with Crippen LogP contribution < -0.4 is 15.5 Å². The van der Waals surface area contributed by atoms with Crippen molar-refractivity contribution in [2.75, 3.05) is 49.6 Å². The van der Waals surface area contributed by atoms with E-state index >= 15 is 0 Å². The van der Waals surface area contributed by atoms with Gasteiger partial charge in [0.25, 0.3) is 5.91 Å². The normalized spacial score (nSPS) is 18.8. The predicted octanol–water partition coefficient (Wildman–Crippen LogP) is 2.75. The summed E-state index contributed by atoms with van der Waals surface area (Å²) in [6, 6.07) is 5.25. The number of hydrogen-bond acceptors (Lipinski definition) is 6. The Bertz CT molecular complexity index is 1380. The summed E-state index contributed by atoms with van der Waals surface area (Å²) in [6.45, 7) is 6.73. The number of imidazole rings is 1. The smallest absolute Gasteiger partial charge is 0.257 e. The molecule has 176 valence electrons. The van der Waals surface area contributed by atoms with E-state index < -0.39 is 5.82 Å². The molecule has 0 bridgehead atoms. The SMILES string of the molecule is Cc1cn2cc(NC(=O)c3ccc(N4CCNCC4)c4cn(C5CCOC5)nc34)cc(F)c2n1. The van der Waals surface area contributed by atoms with Gasteiger partial charge < -0.3 is 24.7 Å². The quantitative estimate of drug-likeness (QED) is 0.484. The van der Waals surface area contributed by atoms with Gasteiger partial charge in [-0.3, -0.25) is 9.48 Å². The van der Waals surface area contributed by atoms with E-state index in [1.165, 1.54) is 6.07 Å². The molecule has 0 aliphatic carbocycles. The fraction of sp³-hybridized carbons (Fsp3) is 0.375. The summed E-state index contributed by atoms with van der Waals surface area (Å²) in [5.74, 6) is -0.823. The molecule has 0 spiro atoms. The largest absolute Gasteiger partial charge is 0.379 e. The Morgan fingerprint density at radius 2 is 2.09 bits per heavy atom. The molecule has 2 saturated heterocycles. The topological polar surface area (TPSA) is 88.7 Å². The Morgan fingerprint density at radius 3 is 2.88 bits per heavy atom. The maximum atomic E-state index is 14.5. The number of fused-ring (bicyclic) bond motifs is 2. The number of carbonyl (C=O) groups is 1. The molecule has 3 aromatic heterocycles. The summed E-state index contributed by atoms with van der Waals surface area (Å²) in [6.07, 6.45) is 6.31. The van der Waals surface area contributed by atoms with Crippen molar-refractivity contribution < 1.29 is 13.9 Å². The molecule has 0 saturated carbocycles. The van der Waals surface area contributed by atoms with E-state index in [0.717, 1.165) is 43.7 Å². The lowest BCUT2D eigenvalue weighted by molar-refractivity contribution is 0.102. The van der Waals surface area contributed by atoms with Crippen LogP contribution >= 0.6 is 0 Å². The number of nitrogens with zero attached hydrogens (tertiary/aromatic N) is 5. The van der Waals surface area contributed by atoms with Crippen LogP contribution in [0.2, 0.25) is 0 Å². The first kappa shape index (κ1) is 21.1. The first-order valence-corrected chi connectivity index (χ1v) is 11.6. The minimum atomic E-state index is -0.490. The molecule has 6 rings (SSSR count). The summed E-state index contributed by atoms with van der Waals surface area (Å²) in [5, 5.41) is 12.0. The van der Waals surface area contributed by atoms with Crippen LogP contribution in [0.3, 0.4) is 0 Å². The van der Waals surface area contributed by atoms with E-state index in [1.807, 2.05) is 23.0 Å². The van der Waals surface area contributed by atoms with Crippen molar-refractivity contribution in [2.24, 2.45) is 0 Å². The number of anilines is 2. The summed E-state index contributed by atoms with van der Waals surface area (Å²) < 4.78 is 23.6. The predicted molar refractivity (Wildman–Crippen MR) is 127 cm³/mol. The average Bonchev–Trinajstić information content (AvgIpc) is 3.58. The summed E-state index contributed by atoms with van der Waals surface area (Å²) in [5.41, 5.74) is 3.45. The Kier molecular flexibility index (Phi) is 5.19. The van der Waals surface area contributed by atoms with E-state index in [9.17, 15) is 9.18 Å². The number of carbonyl (C=O) groups excluding carboxylic acids is 1. The van der Waals surface area contributed by atoms with Gasteiger partial charge in [0.05, 0.1) is 29.6 Å². The highest BCUT2D eigenvalue weighted by atomic mass is 19.1. The number of piperazine rings is 1. The van der Waals surface area contributed by atoms with E-state index in [4.69, 9.17) is 9.84 Å². The van der Waals surface area contributed by atoms with E-state index in [0.29, 0.717) is 35.7 Å². The van der Waals surface area contributed by atoms with Crippen LogP contribution in [0.1, 0.15) is 28.5 Å². The number of benzene rings is 1. The van der Waals surface area contributed by atoms with Crippen LogP contribution in [0, 0.1) is 12.7 Å². The first-order valence-electron chi connectivity index (χ1n) is 11.6. The van der Waals surface area contributed by atoms with Crippen molar-refractivity contribution in [1.82, 2.24) is 24.5 Å². The Hall–Kier alpha value is -3.50. The molecule has 1 atom stereocenters. The molecule has 2 fully saturated rings. The molecule has 4 aromatic rings. The maximum absolute atomic E-state index is 14.5. The van der Waals surface area contributed by atoms with Crippen molar-refractivity contribution in [2.45, 2.75) is 19.4 Å². The molecule has 5 heterocycles. The molecule has 2 aliphatic heterocycles. The van der Waals surface area contributed by atoms with Crippen LogP contribution in [0.4, 0.5) is 15.8 Å². The zero-order valence-electron chi connectivity index (χ0n) is 18.9. The van der Waals surface area contributed by atoms with Crippen molar-refractivity contribution >= 4 is 33.8 Å². The molecule has 1 aromatic carbocycles. The molecule has 2 aliphatic rings. The molecular formula is C24H26FN7O2. The number of amides is 1. The Balaban J connectivity index is 1.39. The second kappa shape index (κ2) is 8.37. The van der Waals surface area contributed by atoms with Crippen molar-refractivity contribution in [3.8, 4) is 0 Å². The lowest BCUT2D eigenvalue weighted by atomic mass is 10.1. The van der Waals surface area contributed by atoms with Crippen molar-refractivity contribution in [3.05, 3.63) is 53.9 Å². The molecule has 10 heteroatoms. The second-order valence-electron chi connectivity index (χ2n) is 8.90. The fourth-order valence-corrected chi connectivity index (χ4v) is 4.84. The first-order chi connectivity index (χ1) is 16.6. The van der Waals surface area contributed by atoms with Gasteiger partial charge in [-0.15, -0.1) is 0 Å². The van der Waals surface area contributed by atoms with E-state index in [2.05, 4.69) is 20.5 Å². The number of nitrogens with one attached hydrogen (secondary N) is 2. The number of halogens is 1. The number of hydrogen-bond donors (Lipinski definition) is 2. The Labute approximate surface area is 195 Å². The fourth-order valence-electron chi connectivity index (χ4n) is 4.84. The van der Waals surface area contributed by atoms with Crippen molar-refractivity contribution in [1.29, 1.82) is 0 Å². The number of ether oxygens (including phenoxy) is 1. The van der Waals surface area contributed by atoms with Gasteiger partial charge in [0.2, 0.25) is 0 Å². The number of aromatic nitrogens is 4. The van der Waals surface area contributed by atoms with Crippen LogP contribution in [0.15, 0.2) is 36.8 Å². The van der Waals surface area contributed by atoms with E-state index in [-0.39, 0.29) is 17.6 Å². The van der Waals surface area contributed by atoms with E-state index in [1.54, 1.807) is 23.7 Å². The van der Waals surface area contributed by atoms with Crippen LogP contribution in [0.25, 0.3) is 16.6 Å². The van der Waals surface area contributed by atoms with Gasteiger partial charge in [-0.05, 0) is 25.5 Å². The number of rotatable bonds is 4. The average molecular weight is 464 g/mol. The van der Waals surface area contributed by atoms with Crippen molar-refractivity contribution in [3.63, 3.8) is 0 Å². The highest BCUT2D eigenvalue weighted by molar-refractivity contribution is 6.13. The Morgan fingerprint density at radius 1 is 1.24 bits per heavy atom. The summed E-state index contributed by atoms with van der Waals surface area (Å²) >= 11 is 0. The zero-order chi connectivity index (χ0) is 23.2.